The van der Waals surface area contributed by atoms with Gasteiger partial charge >= 0.3 is 0 Å². The number of aldehydes is 1. The van der Waals surface area contributed by atoms with Crippen molar-refractivity contribution in [3.05, 3.63) is 52.6 Å². The van der Waals surface area contributed by atoms with Crippen molar-refractivity contribution in [3.63, 3.8) is 0 Å². The quantitative estimate of drug-likeness (QED) is 0.547. The summed E-state index contributed by atoms with van der Waals surface area (Å²) in [5.41, 5.74) is 4.69. The van der Waals surface area contributed by atoms with E-state index < -0.39 is 0 Å². The summed E-state index contributed by atoms with van der Waals surface area (Å²) in [6, 6.07) is 6.09. The zero-order valence-electron chi connectivity index (χ0n) is 12.9. The third-order valence-corrected chi connectivity index (χ3v) is 2.90. The minimum atomic E-state index is 0.396. The molecule has 0 N–H and O–H groups in total. The first-order valence-electron chi connectivity index (χ1n) is 6.98. The van der Waals surface area contributed by atoms with Gasteiger partial charge in [0.15, 0.2) is 0 Å². The minimum absolute atomic E-state index is 0.396. The number of rotatable bonds is 7. The first-order chi connectivity index (χ1) is 9.52. The molecule has 0 atom stereocenters. The van der Waals surface area contributed by atoms with E-state index in [0.29, 0.717) is 13.0 Å². The van der Waals surface area contributed by atoms with Gasteiger partial charge in [0.2, 0.25) is 0 Å². The van der Waals surface area contributed by atoms with Gasteiger partial charge in [-0.05, 0) is 51.8 Å². The molecule has 0 unspecified atom stereocenters. The number of carbonyl (C=O) groups excluding carboxylic acids is 1. The summed E-state index contributed by atoms with van der Waals surface area (Å²) in [6.07, 6.45) is 6.43. The SMILES string of the molecule is CC(C)=CCOc1ccc(CC=C(C)C)cc1CC=O. The Morgan fingerprint density at radius 3 is 2.35 bits per heavy atom. The van der Waals surface area contributed by atoms with E-state index in [1.807, 2.05) is 26.0 Å². The van der Waals surface area contributed by atoms with Crippen LogP contribution >= 0.6 is 0 Å². The van der Waals surface area contributed by atoms with E-state index in [2.05, 4.69) is 32.1 Å². The molecule has 0 saturated carbocycles. The monoisotopic (exact) mass is 272 g/mol. The number of allylic oxidation sites excluding steroid dienone is 3. The standard InChI is InChI=1S/C18H24O2/c1-14(2)5-6-16-7-8-18(17(13-16)9-11-19)20-12-10-15(3)4/h5,7-8,10-11,13H,6,9,12H2,1-4H3. The molecule has 0 fully saturated rings. The minimum Gasteiger partial charge on any atom is -0.489 e. The fourth-order valence-electron chi connectivity index (χ4n) is 1.77. The lowest BCUT2D eigenvalue weighted by molar-refractivity contribution is -0.107. The number of benzene rings is 1. The highest BCUT2D eigenvalue weighted by molar-refractivity contribution is 5.58. The van der Waals surface area contributed by atoms with Gasteiger partial charge in [0.1, 0.15) is 18.6 Å². The van der Waals surface area contributed by atoms with Crippen LogP contribution in [0.15, 0.2) is 41.5 Å². The van der Waals surface area contributed by atoms with Gasteiger partial charge < -0.3 is 9.53 Å². The molecule has 0 spiro atoms. The third kappa shape index (κ3) is 5.87. The third-order valence-electron chi connectivity index (χ3n) is 2.90. The van der Waals surface area contributed by atoms with Crippen molar-refractivity contribution >= 4 is 6.29 Å². The average Bonchev–Trinajstić information content (AvgIpc) is 2.38. The molecule has 108 valence electrons. The maximum atomic E-state index is 10.8. The Labute approximate surface area is 122 Å². The number of carbonyl (C=O) groups is 1. The fourth-order valence-corrected chi connectivity index (χ4v) is 1.77. The van der Waals surface area contributed by atoms with E-state index in [0.717, 1.165) is 24.0 Å². The summed E-state index contributed by atoms with van der Waals surface area (Å²) >= 11 is 0. The number of hydrogen-bond acceptors (Lipinski definition) is 2. The van der Waals surface area contributed by atoms with Crippen LogP contribution < -0.4 is 4.74 Å². The zero-order chi connectivity index (χ0) is 15.0. The molecular formula is C18H24O2. The van der Waals surface area contributed by atoms with E-state index in [1.54, 1.807) is 0 Å². The molecule has 1 aromatic rings. The molecule has 20 heavy (non-hydrogen) atoms. The maximum Gasteiger partial charge on any atom is 0.124 e. The Morgan fingerprint density at radius 1 is 1.05 bits per heavy atom. The normalized spacial score (nSPS) is 9.80. The highest BCUT2D eigenvalue weighted by Crippen LogP contribution is 2.21. The zero-order valence-corrected chi connectivity index (χ0v) is 12.9. The van der Waals surface area contributed by atoms with Crippen molar-refractivity contribution in [2.24, 2.45) is 0 Å². The van der Waals surface area contributed by atoms with Crippen LogP contribution in [-0.4, -0.2) is 12.9 Å². The predicted octanol–water partition coefficient (Wildman–Crippen LogP) is 4.28. The van der Waals surface area contributed by atoms with Gasteiger partial charge in [0.05, 0.1) is 0 Å². The Balaban J connectivity index is 2.86. The summed E-state index contributed by atoms with van der Waals surface area (Å²) in [5, 5.41) is 0. The Hall–Kier alpha value is -1.83. The summed E-state index contributed by atoms with van der Waals surface area (Å²) in [5.74, 6) is 0.801. The van der Waals surface area contributed by atoms with Gasteiger partial charge in [-0.25, -0.2) is 0 Å². The summed E-state index contributed by atoms with van der Waals surface area (Å²) in [7, 11) is 0. The molecule has 1 rings (SSSR count). The smallest absolute Gasteiger partial charge is 0.124 e. The van der Waals surface area contributed by atoms with Gasteiger partial charge in [-0.2, -0.15) is 0 Å². The second kappa shape index (κ2) is 8.36. The van der Waals surface area contributed by atoms with Crippen molar-refractivity contribution in [2.75, 3.05) is 6.61 Å². The van der Waals surface area contributed by atoms with Crippen LogP contribution in [-0.2, 0) is 17.6 Å². The van der Waals surface area contributed by atoms with Crippen molar-refractivity contribution < 1.29 is 9.53 Å². The van der Waals surface area contributed by atoms with E-state index in [9.17, 15) is 4.79 Å². The van der Waals surface area contributed by atoms with Crippen LogP contribution in [0.2, 0.25) is 0 Å². The molecule has 2 nitrogen and oxygen atoms in total. The highest BCUT2D eigenvalue weighted by atomic mass is 16.5. The first kappa shape index (κ1) is 16.2. The molecular weight excluding hydrogens is 248 g/mol. The van der Waals surface area contributed by atoms with Gasteiger partial charge in [0, 0.05) is 12.0 Å². The predicted molar refractivity (Wildman–Crippen MR) is 84.3 cm³/mol. The lowest BCUT2D eigenvalue weighted by Crippen LogP contribution is -2.00. The number of ether oxygens (including phenoxy) is 1. The van der Waals surface area contributed by atoms with Gasteiger partial charge in [-0.3, -0.25) is 0 Å². The van der Waals surface area contributed by atoms with Crippen LogP contribution in [0.3, 0.4) is 0 Å². The average molecular weight is 272 g/mol. The molecule has 0 aliphatic heterocycles. The van der Waals surface area contributed by atoms with Crippen LogP contribution in [0.5, 0.6) is 5.75 Å². The van der Waals surface area contributed by atoms with Crippen LogP contribution in [0.1, 0.15) is 38.8 Å². The van der Waals surface area contributed by atoms with Crippen molar-refractivity contribution in [1.82, 2.24) is 0 Å². The van der Waals surface area contributed by atoms with E-state index in [-0.39, 0.29) is 0 Å². The molecule has 2 heteroatoms. The lowest BCUT2D eigenvalue weighted by Gasteiger charge is -2.10. The maximum absolute atomic E-state index is 10.8. The molecule has 0 aromatic heterocycles. The van der Waals surface area contributed by atoms with Crippen molar-refractivity contribution in [1.29, 1.82) is 0 Å². The van der Waals surface area contributed by atoms with E-state index >= 15 is 0 Å². The van der Waals surface area contributed by atoms with Crippen LogP contribution in [0.25, 0.3) is 0 Å². The molecule has 0 radical (unpaired) electrons. The van der Waals surface area contributed by atoms with Crippen LogP contribution in [0.4, 0.5) is 0 Å². The Bertz CT molecular complexity index is 502. The summed E-state index contributed by atoms with van der Waals surface area (Å²) in [6.45, 7) is 8.80. The second-order valence-corrected chi connectivity index (χ2v) is 5.39. The molecule has 0 heterocycles. The lowest BCUT2D eigenvalue weighted by atomic mass is 10.0. The molecule has 1 aromatic carbocycles. The van der Waals surface area contributed by atoms with Crippen molar-refractivity contribution in [2.45, 2.75) is 40.5 Å². The Kier molecular flexibility index (Phi) is 6.78. The highest BCUT2D eigenvalue weighted by Gasteiger charge is 2.04. The van der Waals surface area contributed by atoms with Crippen LogP contribution in [0, 0.1) is 0 Å². The molecule has 0 amide bonds. The van der Waals surface area contributed by atoms with Gasteiger partial charge in [0.25, 0.3) is 0 Å². The summed E-state index contributed by atoms with van der Waals surface area (Å²) in [4.78, 5) is 10.8. The number of hydrogen-bond donors (Lipinski definition) is 0. The van der Waals surface area contributed by atoms with E-state index in [1.165, 1.54) is 16.7 Å². The van der Waals surface area contributed by atoms with Gasteiger partial charge in [-0.15, -0.1) is 0 Å². The second-order valence-electron chi connectivity index (χ2n) is 5.39. The first-order valence-corrected chi connectivity index (χ1v) is 6.98. The van der Waals surface area contributed by atoms with Gasteiger partial charge in [-0.1, -0.05) is 29.4 Å². The summed E-state index contributed by atoms with van der Waals surface area (Å²) < 4.78 is 5.73. The fraction of sp³-hybridized carbons (Fsp3) is 0.389. The van der Waals surface area contributed by atoms with E-state index in [4.69, 9.17) is 4.74 Å². The largest absolute Gasteiger partial charge is 0.489 e. The molecule has 0 bridgehead atoms. The molecule has 0 aliphatic carbocycles. The Morgan fingerprint density at radius 2 is 1.75 bits per heavy atom. The topological polar surface area (TPSA) is 26.3 Å². The van der Waals surface area contributed by atoms with Crippen molar-refractivity contribution in [3.8, 4) is 5.75 Å². The molecule has 0 aliphatic rings. The molecule has 0 saturated heterocycles.